The first-order valence-corrected chi connectivity index (χ1v) is 6.29. The van der Waals surface area contributed by atoms with Gasteiger partial charge in [0.2, 0.25) is 0 Å². The predicted molar refractivity (Wildman–Crippen MR) is 69.0 cm³/mol. The van der Waals surface area contributed by atoms with Crippen LogP contribution in [-0.4, -0.2) is 0 Å². The molecule has 0 nitrogen and oxygen atoms in total. The molecule has 0 bridgehead atoms. The Bertz CT molecular complexity index is 300. The molecular formula is C15H24. The van der Waals surface area contributed by atoms with Gasteiger partial charge in [0.1, 0.15) is 0 Å². The fraction of sp³-hybridized carbons (Fsp3) is 0.600. The van der Waals surface area contributed by atoms with E-state index in [1.807, 2.05) is 0 Å². The van der Waals surface area contributed by atoms with Gasteiger partial charge in [-0.2, -0.15) is 0 Å². The molecule has 0 amide bonds. The van der Waals surface area contributed by atoms with Crippen LogP contribution in [0.2, 0.25) is 0 Å². The molecule has 84 valence electrons. The Morgan fingerprint density at radius 1 is 1.00 bits per heavy atom. The van der Waals surface area contributed by atoms with E-state index in [0.29, 0.717) is 0 Å². The van der Waals surface area contributed by atoms with Crippen molar-refractivity contribution < 1.29 is 0 Å². The molecule has 0 fully saturated rings. The highest BCUT2D eigenvalue weighted by atomic mass is 14.2. The van der Waals surface area contributed by atoms with Crippen LogP contribution in [0.5, 0.6) is 0 Å². The SMILES string of the molecule is CCC.CCC1=CC2=C(C=C(C)C2)CC1. The van der Waals surface area contributed by atoms with Crippen molar-refractivity contribution >= 4 is 0 Å². The Morgan fingerprint density at radius 2 is 1.67 bits per heavy atom. The minimum absolute atomic E-state index is 1.21. The highest BCUT2D eigenvalue weighted by molar-refractivity contribution is 5.47. The van der Waals surface area contributed by atoms with Gasteiger partial charge in [0.15, 0.2) is 0 Å². The second-order valence-electron chi connectivity index (χ2n) is 4.58. The average Bonchev–Trinajstić information content (AvgIpc) is 2.57. The smallest absolute Gasteiger partial charge is 0.00639 e. The largest absolute Gasteiger partial charge is 0.0699 e. The van der Waals surface area contributed by atoms with Crippen molar-refractivity contribution in [3.8, 4) is 0 Å². The lowest BCUT2D eigenvalue weighted by atomic mass is 9.93. The van der Waals surface area contributed by atoms with Crippen molar-refractivity contribution in [1.82, 2.24) is 0 Å². The summed E-state index contributed by atoms with van der Waals surface area (Å²) in [6, 6.07) is 0. The van der Waals surface area contributed by atoms with E-state index in [1.54, 1.807) is 16.7 Å². The third kappa shape index (κ3) is 3.37. The zero-order chi connectivity index (χ0) is 11.3. The minimum atomic E-state index is 1.21. The van der Waals surface area contributed by atoms with Crippen LogP contribution < -0.4 is 0 Å². The van der Waals surface area contributed by atoms with Gasteiger partial charge < -0.3 is 0 Å². The van der Waals surface area contributed by atoms with E-state index in [1.165, 1.54) is 37.7 Å². The zero-order valence-corrected chi connectivity index (χ0v) is 10.7. The van der Waals surface area contributed by atoms with Crippen LogP contribution in [0.25, 0.3) is 0 Å². The molecule has 2 aliphatic rings. The van der Waals surface area contributed by atoms with Gasteiger partial charge in [0, 0.05) is 0 Å². The van der Waals surface area contributed by atoms with Crippen LogP contribution in [0.4, 0.5) is 0 Å². The fourth-order valence-corrected chi connectivity index (χ4v) is 2.12. The molecule has 0 radical (unpaired) electrons. The molecule has 2 aliphatic carbocycles. The van der Waals surface area contributed by atoms with Gasteiger partial charge in [-0.05, 0) is 43.8 Å². The third-order valence-corrected chi connectivity index (χ3v) is 2.85. The maximum absolute atomic E-state index is 2.42. The summed E-state index contributed by atoms with van der Waals surface area (Å²) in [5, 5.41) is 0. The standard InChI is InChI=1S/C12H16.C3H8/c1-3-10-4-5-11-6-9(2)7-12(11)8-10;1-3-2/h6,8H,3-5,7H2,1-2H3;3H2,1-2H3. The fourth-order valence-electron chi connectivity index (χ4n) is 2.12. The van der Waals surface area contributed by atoms with Crippen molar-refractivity contribution in [3.05, 3.63) is 34.4 Å². The number of allylic oxidation sites excluding steroid dienone is 6. The highest BCUT2D eigenvalue weighted by Crippen LogP contribution is 2.35. The second-order valence-corrected chi connectivity index (χ2v) is 4.58. The van der Waals surface area contributed by atoms with Gasteiger partial charge in [0.05, 0.1) is 0 Å². The summed E-state index contributed by atoms with van der Waals surface area (Å²) in [4.78, 5) is 0. The Morgan fingerprint density at radius 3 is 2.27 bits per heavy atom. The topological polar surface area (TPSA) is 0 Å². The second kappa shape index (κ2) is 5.95. The number of hydrogen-bond acceptors (Lipinski definition) is 0. The Labute approximate surface area is 94.8 Å². The Hall–Kier alpha value is -0.780. The lowest BCUT2D eigenvalue weighted by Gasteiger charge is -2.13. The molecule has 0 atom stereocenters. The monoisotopic (exact) mass is 204 g/mol. The molecule has 0 aromatic carbocycles. The number of hydrogen-bond donors (Lipinski definition) is 0. The van der Waals surface area contributed by atoms with E-state index in [2.05, 4.69) is 39.8 Å². The van der Waals surface area contributed by atoms with Gasteiger partial charge in [0.25, 0.3) is 0 Å². The first kappa shape index (κ1) is 12.3. The molecule has 0 heterocycles. The molecule has 0 unspecified atom stereocenters. The van der Waals surface area contributed by atoms with Crippen molar-refractivity contribution in [2.45, 2.75) is 59.8 Å². The minimum Gasteiger partial charge on any atom is -0.0699 e. The van der Waals surface area contributed by atoms with E-state index in [-0.39, 0.29) is 0 Å². The van der Waals surface area contributed by atoms with Crippen LogP contribution in [0.3, 0.4) is 0 Å². The van der Waals surface area contributed by atoms with Gasteiger partial charge in [-0.25, -0.2) is 0 Å². The Balaban J connectivity index is 0.000000337. The summed E-state index contributed by atoms with van der Waals surface area (Å²) < 4.78 is 0. The summed E-state index contributed by atoms with van der Waals surface area (Å²) in [6.45, 7) is 8.74. The van der Waals surface area contributed by atoms with Crippen LogP contribution in [0.1, 0.15) is 59.8 Å². The molecule has 0 saturated carbocycles. The van der Waals surface area contributed by atoms with E-state index in [4.69, 9.17) is 0 Å². The molecule has 0 saturated heterocycles. The molecule has 0 N–H and O–H groups in total. The summed E-state index contributed by atoms with van der Waals surface area (Å²) in [5.41, 5.74) is 6.37. The van der Waals surface area contributed by atoms with Crippen molar-refractivity contribution in [1.29, 1.82) is 0 Å². The molecule has 2 rings (SSSR count). The molecule has 0 aliphatic heterocycles. The molecule has 0 heteroatoms. The predicted octanol–water partition coefficient (Wildman–Crippen LogP) is 5.18. The van der Waals surface area contributed by atoms with Crippen molar-refractivity contribution in [3.63, 3.8) is 0 Å². The summed E-state index contributed by atoms with van der Waals surface area (Å²) in [6.07, 6.45) is 11.1. The van der Waals surface area contributed by atoms with Crippen LogP contribution in [0.15, 0.2) is 34.4 Å². The summed E-state index contributed by atoms with van der Waals surface area (Å²) in [7, 11) is 0. The normalized spacial score (nSPS) is 18.9. The molecular weight excluding hydrogens is 180 g/mol. The molecule has 0 spiro atoms. The van der Waals surface area contributed by atoms with Crippen molar-refractivity contribution in [2.75, 3.05) is 0 Å². The van der Waals surface area contributed by atoms with E-state index < -0.39 is 0 Å². The number of rotatable bonds is 1. The zero-order valence-electron chi connectivity index (χ0n) is 10.7. The van der Waals surface area contributed by atoms with E-state index in [9.17, 15) is 0 Å². The lowest BCUT2D eigenvalue weighted by Crippen LogP contribution is -1.93. The summed E-state index contributed by atoms with van der Waals surface area (Å²) in [5.74, 6) is 0. The first-order chi connectivity index (χ1) is 7.21. The van der Waals surface area contributed by atoms with E-state index >= 15 is 0 Å². The summed E-state index contributed by atoms with van der Waals surface area (Å²) >= 11 is 0. The molecule has 15 heavy (non-hydrogen) atoms. The van der Waals surface area contributed by atoms with Gasteiger partial charge in [-0.1, -0.05) is 50.5 Å². The van der Waals surface area contributed by atoms with Crippen LogP contribution in [-0.2, 0) is 0 Å². The molecule has 0 aromatic heterocycles. The van der Waals surface area contributed by atoms with Crippen LogP contribution >= 0.6 is 0 Å². The van der Waals surface area contributed by atoms with E-state index in [0.717, 1.165) is 0 Å². The highest BCUT2D eigenvalue weighted by Gasteiger charge is 2.15. The molecule has 0 aromatic rings. The first-order valence-electron chi connectivity index (χ1n) is 6.29. The maximum Gasteiger partial charge on any atom is -0.00639 e. The van der Waals surface area contributed by atoms with Gasteiger partial charge in [-0.3, -0.25) is 0 Å². The maximum atomic E-state index is 2.42. The lowest BCUT2D eigenvalue weighted by molar-refractivity contribution is 0.860. The average molecular weight is 204 g/mol. The Kier molecular flexibility index (Phi) is 4.87. The quantitative estimate of drug-likeness (QED) is 0.552. The van der Waals surface area contributed by atoms with Gasteiger partial charge >= 0.3 is 0 Å². The van der Waals surface area contributed by atoms with Crippen LogP contribution in [0, 0.1) is 0 Å². The van der Waals surface area contributed by atoms with Crippen molar-refractivity contribution in [2.24, 2.45) is 0 Å². The third-order valence-electron chi connectivity index (χ3n) is 2.85. The van der Waals surface area contributed by atoms with Gasteiger partial charge in [-0.15, -0.1) is 0 Å².